The fourth-order valence-electron chi connectivity index (χ4n) is 5.93. The molecule has 124 valence electrons. The Morgan fingerprint density at radius 3 is 2.82 bits per heavy atom. The first-order chi connectivity index (χ1) is 10.4. The molecule has 3 aliphatic carbocycles. The molecule has 0 saturated heterocycles. The summed E-state index contributed by atoms with van der Waals surface area (Å²) in [6.45, 7) is 11.1. The van der Waals surface area contributed by atoms with Gasteiger partial charge >= 0.3 is 0 Å². The molecule has 22 heavy (non-hydrogen) atoms. The summed E-state index contributed by atoms with van der Waals surface area (Å²) in [7, 11) is 0. The molecule has 0 spiro atoms. The Hall–Kier alpha value is -0.600. The van der Waals surface area contributed by atoms with Crippen LogP contribution >= 0.6 is 0 Å². The Morgan fingerprint density at radius 2 is 2.14 bits per heavy atom. The number of aliphatic hydroxyl groups is 2. The van der Waals surface area contributed by atoms with Gasteiger partial charge in [0.05, 0.1) is 12.7 Å². The van der Waals surface area contributed by atoms with Crippen LogP contribution in [0.4, 0.5) is 0 Å². The van der Waals surface area contributed by atoms with Crippen molar-refractivity contribution in [3.8, 4) is 0 Å². The van der Waals surface area contributed by atoms with Crippen LogP contribution in [-0.2, 0) is 0 Å². The topological polar surface area (TPSA) is 40.5 Å². The van der Waals surface area contributed by atoms with E-state index in [0.29, 0.717) is 0 Å². The van der Waals surface area contributed by atoms with Crippen molar-refractivity contribution in [1.82, 2.24) is 0 Å². The summed E-state index contributed by atoms with van der Waals surface area (Å²) in [6.07, 6.45) is 7.40. The molecule has 3 saturated carbocycles. The number of hydrogen-bond acceptors (Lipinski definition) is 2. The van der Waals surface area contributed by atoms with Gasteiger partial charge < -0.3 is 10.2 Å². The van der Waals surface area contributed by atoms with Crippen molar-refractivity contribution >= 4 is 0 Å². The number of allylic oxidation sites excluding steroid dienone is 1. The average Bonchev–Trinajstić information content (AvgIpc) is 2.88. The van der Waals surface area contributed by atoms with E-state index in [0.717, 1.165) is 41.6 Å². The van der Waals surface area contributed by atoms with Gasteiger partial charge in [0.2, 0.25) is 0 Å². The van der Waals surface area contributed by atoms with E-state index in [1.165, 1.54) is 31.3 Å². The molecule has 0 aromatic heterocycles. The molecule has 3 rings (SSSR count). The van der Waals surface area contributed by atoms with Gasteiger partial charge in [-0.1, -0.05) is 32.1 Å². The van der Waals surface area contributed by atoms with E-state index < -0.39 is 6.10 Å². The summed E-state index contributed by atoms with van der Waals surface area (Å²) >= 11 is 0. The standard InChI is InChI=1S/C20H32O2/c1-12(11-21)9-15(22)10-20(4)17-8-6-13(2)16-7-5-14(3)18(16)19(17)20/h9,14-19,21-22H,2,5-8,10-11H2,1,3-4H3/b12-9-/t14-,15-,16+,17-,18+,19-,20+/m1/s1. The van der Waals surface area contributed by atoms with Gasteiger partial charge in [-0.15, -0.1) is 0 Å². The Balaban J connectivity index is 1.76. The van der Waals surface area contributed by atoms with Crippen LogP contribution in [0.5, 0.6) is 0 Å². The van der Waals surface area contributed by atoms with E-state index in [1.54, 1.807) is 0 Å². The van der Waals surface area contributed by atoms with Crippen LogP contribution in [0.25, 0.3) is 0 Å². The fourth-order valence-corrected chi connectivity index (χ4v) is 5.93. The summed E-state index contributed by atoms with van der Waals surface area (Å²) in [4.78, 5) is 0. The van der Waals surface area contributed by atoms with Crippen molar-refractivity contribution in [3.05, 3.63) is 23.8 Å². The molecular formula is C20H32O2. The van der Waals surface area contributed by atoms with E-state index in [-0.39, 0.29) is 12.0 Å². The largest absolute Gasteiger partial charge is 0.392 e. The molecule has 0 heterocycles. The zero-order valence-corrected chi connectivity index (χ0v) is 14.4. The summed E-state index contributed by atoms with van der Waals surface area (Å²) in [6, 6.07) is 0. The van der Waals surface area contributed by atoms with Crippen LogP contribution in [0.15, 0.2) is 23.8 Å². The van der Waals surface area contributed by atoms with E-state index >= 15 is 0 Å². The fraction of sp³-hybridized carbons (Fsp3) is 0.800. The van der Waals surface area contributed by atoms with Gasteiger partial charge in [0.15, 0.2) is 0 Å². The van der Waals surface area contributed by atoms with Crippen molar-refractivity contribution in [1.29, 1.82) is 0 Å². The van der Waals surface area contributed by atoms with Crippen molar-refractivity contribution in [2.75, 3.05) is 6.61 Å². The molecule has 0 amide bonds. The second-order valence-corrected chi connectivity index (χ2v) is 8.52. The Bertz CT molecular complexity index is 480. The first-order valence-electron chi connectivity index (χ1n) is 9.02. The second kappa shape index (κ2) is 5.79. The second-order valence-electron chi connectivity index (χ2n) is 8.52. The first kappa shape index (κ1) is 16.3. The van der Waals surface area contributed by atoms with E-state index in [9.17, 15) is 5.11 Å². The van der Waals surface area contributed by atoms with Crippen LogP contribution in [0.3, 0.4) is 0 Å². The van der Waals surface area contributed by atoms with Crippen LogP contribution < -0.4 is 0 Å². The molecule has 3 fully saturated rings. The third-order valence-electron chi connectivity index (χ3n) is 7.08. The minimum atomic E-state index is -0.414. The molecule has 0 aliphatic heterocycles. The third kappa shape index (κ3) is 2.59. The van der Waals surface area contributed by atoms with Gasteiger partial charge in [-0.05, 0) is 79.6 Å². The van der Waals surface area contributed by atoms with Crippen molar-refractivity contribution in [2.45, 2.75) is 59.0 Å². The molecule has 0 bridgehead atoms. The quantitative estimate of drug-likeness (QED) is 0.772. The highest BCUT2D eigenvalue weighted by Gasteiger charge is 2.66. The minimum Gasteiger partial charge on any atom is -0.392 e. The molecule has 0 radical (unpaired) electrons. The number of rotatable bonds is 4. The summed E-state index contributed by atoms with van der Waals surface area (Å²) in [5.74, 6) is 3.86. The molecule has 2 heteroatoms. The Labute approximate surface area is 135 Å². The summed E-state index contributed by atoms with van der Waals surface area (Å²) < 4.78 is 0. The monoisotopic (exact) mass is 304 g/mol. The maximum atomic E-state index is 10.4. The predicted octanol–water partition coefficient (Wildman–Crippen LogP) is 3.94. The van der Waals surface area contributed by atoms with Crippen LogP contribution in [-0.4, -0.2) is 22.9 Å². The zero-order valence-electron chi connectivity index (χ0n) is 14.4. The normalized spacial score (nSPS) is 46.0. The van der Waals surface area contributed by atoms with Crippen molar-refractivity contribution < 1.29 is 10.2 Å². The smallest absolute Gasteiger partial charge is 0.0729 e. The van der Waals surface area contributed by atoms with E-state index in [2.05, 4.69) is 20.4 Å². The van der Waals surface area contributed by atoms with Gasteiger partial charge in [0.25, 0.3) is 0 Å². The van der Waals surface area contributed by atoms with Crippen LogP contribution in [0.2, 0.25) is 0 Å². The SMILES string of the molecule is C=C1CC[C@@H]2[C@H]([C@H]3[C@H](C)CC[C@@H]13)[C@@]2(C)C[C@H](O)/C=C(/C)CO. The lowest BCUT2D eigenvalue weighted by Crippen LogP contribution is -2.22. The molecule has 2 N–H and O–H groups in total. The molecule has 0 unspecified atom stereocenters. The molecule has 0 aromatic rings. The van der Waals surface area contributed by atoms with Gasteiger partial charge in [-0.2, -0.15) is 0 Å². The lowest BCUT2D eigenvalue weighted by molar-refractivity contribution is 0.160. The molecular weight excluding hydrogens is 272 g/mol. The third-order valence-corrected chi connectivity index (χ3v) is 7.08. The van der Waals surface area contributed by atoms with E-state index in [4.69, 9.17) is 5.11 Å². The lowest BCUT2D eigenvalue weighted by atomic mass is 9.78. The summed E-state index contributed by atoms with van der Waals surface area (Å²) in [5.41, 5.74) is 2.66. The van der Waals surface area contributed by atoms with E-state index in [1.807, 2.05) is 13.0 Å². The number of hydrogen-bond donors (Lipinski definition) is 2. The first-order valence-corrected chi connectivity index (χ1v) is 9.02. The average molecular weight is 304 g/mol. The highest BCUT2D eigenvalue weighted by Crippen LogP contribution is 2.72. The van der Waals surface area contributed by atoms with Crippen LogP contribution in [0.1, 0.15) is 52.9 Å². The van der Waals surface area contributed by atoms with Crippen LogP contribution in [0, 0.1) is 35.0 Å². The molecule has 7 atom stereocenters. The molecule has 2 nitrogen and oxygen atoms in total. The number of aliphatic hydroxyl groups excluding tert-OH is 2. The van der Waals surface area contributed by atoms with Gasteiger partial charge in [-0.3, -0.25) is 0 Å². The van der Waals surface area contributed by atoms with Gasteiger partial charge in [0, 0.05) is 0 Å². The molecule has 3 aliphatic rings. The Morgan fingerprint density at radius 1 is 1.41 bits per heavy atom. The Kier molecular flexibility index (Phi) is 4.28. The maximum Gasteiger partial charge on any atom is 0.0729 e. The maximum absolute atomic E-state index is 10.4. The van der Waals surface area contributed by atoms with Gasteiger partial charge in [0.1, 0.15) is 0 Å². The molecule has 0 aromatic carbocycles. The number of fused-ring (bicyclic) bond motifs is 3. The highest BCUT2D eigenvalue weighted by molar-refractivity contribution is 5.22. The van der Waals surface area contributed by atoms with Gasteiger partial charge in [-0.25, -0.2) is 0 Å². The zero-order chi connectivity index (χ0) is 16.1. The lowest BCUT2D eigenvalue weighted by Gasteiger charge is -2.27. The summed E-state index contributed by atoms with van der Waals surface area (Å²) in [5, 5.41) is 19.5. The predicted molar refractivity (Wildman–Crippen MR) is 90.3 cm³/mol. The highest BCUT2D eigenvalue weighted by atomic mass is 16.3. The van der Waals surface area contributed by atoms with Crippen molar-refractivity contribution in [3.63, 3.8) is 0 Å². The van der Waals surface area contributed by atoms with Crippen molar-refractivity contribution in [2.24, 2.45) is 35.0 Å². The minimum absolute atomic E-state index is 0.0438.